The third kappa shape index (κ3) is 1.83. The molecule has 70 valence electrons. The largest absolute Gasteiger partial charge is 0.398 e. The van der Waals surface area contributed by atoms with E-state index in [2.05, 4.69) is 6.58 Å². The van der Waals surface area contributed by atoms with E-state index in [1.165, 1.54) is 24.1 Å². The van der Waals surface area contributed by atoms with E-state index in [-0.39, 0.29) is 11.3 Å². The van der Waals surface area contributed by atoms with Crippen LogP contribution in [0.3, 0.4) is 0 Å². The number of anilines is 1. The lowest BCUT2D eigenvalue weighted by Crippen LogP contribution is -1.97. The molecule has 1 nitrogen and oxygen atoms in total. The average Bonchev–Trinajstić information content (AvgIpc) is 2.09. The number of rotatable bonds is 2. The van der Waals surface area contributed by atoms with Gasteiger partial charge in [-0.05, 0) is 12.3 Å². The molecule has 0 aromatic heterocycles. The van der Waals surface area contributed by atoms with Crippen molar-refractivity contribution in [1.29, 1.82) is 0 Å². The minimum Gasteiger partial charge on any atom is -0.398 e. The lowest BCUT2D eigenvalue weighted by Gasteiger charge is -2.07. The number of thioether (sulfide) groups is 1. The highest BCUT2D eigenvalue weighted by molar-refractivity contribution is 8.02. The third-order valence-electron chi connectivity index (χ3n) is 1.63. The van der Waals surface area contributed by atoms with E-state index in [4.69, 9.17) is 5.73 Å². The standard InChI is InChI=1S/C9H9F2NS/c1-3-13-9-5(2)8(11)6(10)4-7(9)12/h3-4H,1,12H2,2H3. The fourth-order valence-electron chi connectivity index (χ4n) is 1.00. The minimum atomic E-state index is -0.914. The maximum atomic E-state index is 13.0. The SMILES string of the molecule is C=CSc1c(N)cc(F)c(F)c1C. The number of halogens is 2. The van der Waals surface area contributed by atoms with Gasteiger partial charge in [-0.25, -0.2) is 8.78 Å². The van der Waals surface area contributed by atoms with Crippen LogP contribution >= 0.6 is 11.8 Å². The zero-order valence-electron chi connectivity index (χ0n) is 7.10. The lowest BCUT2D eigenvalue weighted by atomic mass is 10.2. The first-order chi connectivity index (χ1) is 6.07. The van der Waals surface area contributed by atoms with Crippen molar-refractivity contribution in [3.8, 4) is 0 Å². The van der Waals surface area contributed by atoms with Crippen LogP contribution in [0.15, 0.2) is 22.9 Å². The summed E-state index contributed by atoms with van der Waals surface area (Å²) in [6.45, 7) is 4.97. The Labute approximate surface area is 79.6 Å². The van der Waals surface area contributed by atoms with E-state index < -0.39 is 11.6 Å². The first-order valence-corrected chi connectivity index (χ1v) is 4.47. The van der Waals surface area contributed by atoms with Crippen molar-refractivity contribution >= 4 is 17.4 Å². The van der Waals surface area contributed by atoms with Crippen LogP contribution in [0.25, 0.3) is 0 Å². The molecule has 13 heavy (non-hydrogen) atoms. The Bertz CT molecular complexity index is 350. The van der Waals surface area contributed by atoms with Gasteiger partial charge in [0.25, 0.3) is 0 Å². The fourth-order valence-corrected chi connectivity index (χ4v) is 1.63. The van der Waals surface area contributed by atoms with E-state index in [0.717, 1.165) is 6.07 Å². The summed E-state index contributed by atoms with van der Waals surface area (Å²) in [6.07, 6.45) is 0. The molecule has 0 atom stereocenters. The summed E-state index contributed by atoms with van der Waals surface area (Å²) in [5.74, 6) is -1.76. The molecule has 0 saturated carbocycles. The molecule has 0 aliphatic heterocycles. The fraction of sp³-hybridized carbons (Fsp3) is 0.111. The molecule has 0 spiro atoms. The molecule has 0 unspecified atom stereocenters. The molecule has 4 heteroatoms. The average molecular weight is 201 g/mol. The second kappa shape index (κ2) is 3.79. The van der Waals surface area contributed by atoms with E-state index >= 15 is 0 Å². The van der Waals surface area contributed by atoms with Gasteiger partial charge in [-0.15, -0.1) is 0 Å². The van der Waals surface area contributed by atoms with Crippen molar-refractivity contribution in [3.63, 3.8) is 0 Å². The Morgan fingerprint density at radius 2 is 2.15 bits per heavy atom. The molecular formula is C9H9F2NS. The van der Waals surface area contributed by atoms with E-state index in [0.29, 0.717) is 4.90 Å². The van der Waals surface area contributed by atoms with Gasteiger partial charge in [0.2, 0.25) is 0 Å². The highest BCUT2D eigenvalue weighted by Crippen LogP contribution is 2.31. The molecule has 0 bridgehead atoms. The van der Waals surface area contributed by atoms with E-state index in [9.17, 15) is 8.78 Å². The Morgan fingerprint density at radius 3 is 2.69 bits per heavy atom. The second-order valence-corrected chi connectivity index (χ2v) is 3.48. The summed E-state index contributed by atoms with van der Waals surface area (Å²) in [5.41, 5.74) is 5.96. The van der Waals surface area contributed by atoms with Gasteiger partial charge >= 0.3 is 0 Å². The minimum absolute atomic E-state index is 0.224. The van der Waals surface area contributed by atoms with Crippen LogP contribution in [0.4, 0.5) is 14.5 Å². The number of nitrogen functional groups attached to an aromatic ring is 1. The molecule has 1 rings (SSSR count). The molecule has 1 aromatic carbocycles. The number of hydrogen-bond acceptors (Lipinski definition) is 2. The van der Waals surface area contributed by atoms with Gasteiger partial charge in [0.05, 0.1) is 0 Å². The zero-order valence-corrected chi connectivity index (χ0v) is 7.92. The Morgan fingerprint density at radius 1 is 1.54 bits per heavy atom. The number of nitrogens with two attached hydrogens (primary N) is 1. The summed E-state index contributed by atoms with van der Waals surface area (Å²) in [5, 5.41) is 1.52. The number of benzene rings is 1. The van der Waals surface area contributed by atoms with Gasteiger partial charge in [-0.2, -0.15) is 0 Å². The predicted molar refractivity (Wildman–Crippen MR) is 51.6 cm³/mol. The molecule has 0 radical (unpaired) electrons. The maximum absolute atomic E-state index is 13.0. The van der Waals surface area contributed by atoms with Crippen molar-refractivity contribution in [2.75, 3.05) is 5.73 Å². The third-order valence-corrected chi connectivity index (χ3v) is 2.57. The first-order valence-electron chi connectivity index (χ1n) is 3.59. The Hall–Kier alpha value is -1.03. The monoisotopic (exact) mass is 201 g/mol. The van der Waals surface area contributed by atoms with Crippen molar-refractivity contribution in [2.24, 2.45) is 0 Å². The van der Waals surface area contributed by atoms with Gasteiger partial charge in [-0.1, -0.05) is 18.3 Å². The van der Waals surface area contributed by atoms with E-state index in [1.807, 2.05) is 0 Å². The summed E-state index contributed by atoms with van der Waals surface area (Å²) in [6, 6.07) is 0.980. The first kappa shape index (κ1) is 10.1. The van der Waals surface area contributed by atoms with Crippen molar-refractivity contribution in [1.82, 2.24) is 0 Å². The quantitative estimate of drug-likeness (QED) is 0.587. The molecular weight excluding hydrogens is 192 g/mol. The molecule has 1 aromatic rings. The molecule has 0 amide bonds. The van der Waals surface area contributed by atoms with Gasteiger partial charge in [0.15, 0.2) is 11.6 Å². The number of hydrogen-bond donors (Lipinski definition) is 1. The summed E-state index contributed by atoms with van der Waals surface area (Å²) in [4.78, 5) is 0.522. The smallest absolute Gasteiger partial charge is 0.163 e. The Balaban J connectivity index is 3.34. The van der Waals surface area contributed by atoms with Crippen LogP contribution in [0, 0.1) is 18.6 Å². The lowest BCUT2D eigenvalue weighted by molar-refractivity contribution is 0.500. The highest BCUT2D eigenvalue weighted by Gasteiger charge is 2.12. The predicted octanol–water partition coefficient (Wildman–Crippen LogP) is 3.09. The van der Waals surface area contributed by atoms with Crippen molar-refractivity contribution in [2.45, 2.75) is 11.8 Å². The van der Waals surface area contributed by atoms with Gasteiger partial charge in [-0.3, -0.25) is 0 Å². The zero-order chi connectivity index (χ0) is 10.0. The van der Waals surface area contributed by atoms with Crippen LogP contribution in [0.2, 0.25) is 0 Å². The molecule has 0 aliphatic rings. The van der Waals surface area contributed by atoms with Crippen LogP contribution in [-0.4, -0.2) is 0 Å². The van der Waals surface area contributed by atoms with Crippen molar-refractivity contribution < 1.29 is 8.78 Å². The van der Waals surface area contributed by atoms with E-state index in [1.54, 1.807) is 0 Å². The van der Waals surface area contributed by atoms with Crippen LogP contribution in [-0.2, 0) is 0 Å². The van der Waals surface area contributed by atoms with Crippen LogP contribution in [0.5, 0.6) is 0 Å². The van der Waals surface area contributed by atoms with Gasteiger partial charge in [0.1, 0.15) is 0 Å². The summed E-state index contributed by atoms with van der Waals surface area (Å²) < 4.78 is 25.8. The summed E-state index contributed by atoms with van der Waals surface area (Å²) >= 11 is 1.18. The topological polar surface area (TPSA) is 26.0 Å². The summed E-state index contributed by atoms with van der Waals surface area (Å²) in [7, 11) is 0. The highest BCUT2D eigenvalue weighted by atomic mass is 32.2. The Kier molecular flexibility index (Phi) is 2.93. The molecule has 0 heterocycles. The van der Waals surface area contributed by atoms with Gasteiger partial charge in [0, 0.05) is 22.2 Å². The maximum Gasteiger partial charge on any atom is 0.163 e. The molecule has 0 aliphatic carbocycles. The molecule has 0 saturated heterocycles. The molecule has 0 fully saturated rings. The van der Waals surface area contributed by atoms with Gasteiger partial charge < -0.3 is 5.73 Å². The van der Waals surface area contributed by atoms with Crippen LogP contribution < -0.4 is 5.73 Å². The molecule has 2 N–H and O–H groups in total. The van der Waals surface area contributed by atoms with Crippen molar-refractivity contribution in [3.05, 3.63) is 35.3 Å². The second-order valence-electron chi connectivity index (χ2n) is 2.50. The van der Waals surface area contributed by atoms with Crippen LogP contribution in [0.1, 0.15) is 5.56 Å². The normalized spacial score (nSPS) is 10.1.